The number of rotatable bonds is 3. The number of carbonyl (C=O) groups is 2. The van der Waals surface area contributed by atoms with Gasteiger partial charge in [0, 0.05) is 6.54 Å². The molecular formula is C25H22ClF2N5O3. The predicted molar refractivity (Wildman–Crippen MR) is 128 cm³/mol. The van der Waals surface area contributed by atoms with E-state index in [2.05, 4.69) is 10.4 Å². The summed E-state index contributed by atoms with van der Waals surface area (Å²) in [6.07, 6.45) is 3.01. The number of hydrogen-bond donors (Lipinski definition) is 2. The molecule has 1 saturated carbocycles. The Morgan fingerprint density at radius 3 is 2.61 bits per heavy atom. The van der Waals surface area contributed by atoms with Crippen molar-refractivity contribution < 1.29 is 23.1 Å². The minimum absolute atomic E-state index is 0.0583. The van der Waals surface area contributed by atoms with Gasteiger partial charge in [-0.2, -0.15) is 5.10 Å². The number of nitrogens with one attached hydrogen (secondary N) is 1. The molecule has 2 aromatic carbocycles. The number of aromatic nitrogens is 2. The maximum absolute atomic E-state index is 15.2. The maximum atomic E-state index is 15.2. The summed E-state index contributed by atoms with van der Waals surface area (Å²) in [5.41, 5.74) is 5.98. The predicted octanol–water partition coefficient (Wildman–Crippen LogP) is 4.63. The molecule has 0 bridgehead atoms. The van der Waals surface area contributed by atoms with Gasteiger partial charge in [-0.15, -0.1) is 0 Å². The van der Waals surface area contributed by atoms with Crippen molar-refractivity contribution in [1.82, 2.24) is 14.7 Å². The van der Waals surface area contributed by atoms with Crippen LogP contribution in [0.2, 0.25) is 5.02 Å². The number of hydrogen-bond acceptors (Lipinski definition) is 5. The summed E-state index contributed by atoms with van der Waals surface area (Å²) >= 11 is 6.04. The third kappa shape index (κ3) is 3.35. The number of benzene rings is 2. The van der Waals surface area contributed by atoms with Crippen LogP contribution in [0, 0.1) is 11.6 Å². The molecule has 1 atom stereocenters. The van der Waals surface area contributed by atoms with Gasteiger partial charge in [-0.1, -0.05) is 23.7 Å². The average molecular weight is 514 g/mol. The van der Waals surface area contributed by atoms with E-state index in [0.29, 0.717) is 19.4 Å². The zero-order valence-electron chi connectivity index (χ0n) is 19.1. The van der Waals surface area contributed by atoms with Crippen molar-refractivity contribution in [3.05, 3.63) is 75.9 Å². The molecule has 2 aliphatic heterocycles. The van der Waals surface area contributed by atoms with Gasteiger partial charge >= 0.3 is 6.09 Å². The second-order valence-corrected chi connectivity index (χ2v) is 9.92. The van der Waals surface area contributed by atoms with E-state index in [9.17, 15) is 14.0 Å². The molecule has 3 aliphatic rings. The van der Waals surface area contributed by atoms with E-state index in [0.717, 1.165) is 18.4 Å². The Hall–Kier alpha value is -3.66. The third-order valence-electron chi connectivity index (χ3n) is 7.36. The first-order chi connectivity index (χ1) is 17.2. The highest BCUT2D eigenvalue weighted by Gasteiger charge is 2.51. The number of piperidine rings is 1. The summed E-state index contributed by atoms with van der Waals surface area (Å²) in [5.74, 6) is -1.23. The standard InChI is InChI=1S/C25H22ClF2N5O3/c26-17-6-7-18-19(20(17)28)25(36-23(35)31-18)8-1-11-32(13-25)22(34)16-12-30-33(21(16)29)24(9-10-24)14-2-4-15(27)5-3-14/h2-7,12H,1,8-11,13,29H2,(H,31,35)/t25-/m0/s1. The molecule has 186 valence electrons. The molecule has 11 heteroatoms. The Kier molecular flexibility index (Phi) is 5.01. The third-order valence-corrected chi connectivity index (χ3v) is 7.66. The van der Waals surface area contributed by atoms with E-state index < -0.39 is 29.0 Å². The van der Waals surface area contributed by atoms with Crippen molar-refractivity contribution in [3.8, 4) is 0 Å². The van der Waals surface area contributed by atoms with E-state index in [-0.39, 0.29) is 40.0 Å². The Balaban J connectivity index is 1.32. The highest BCUT2D eigenvalue weighted by atomic mass is 35.5. The number of fused-ring (bicyclic) bond motifs is 2. The molecular weight excluding hydrogens is 492 g/mol. The van der Waals surface area contributed by atoms with Gasteiger partial charge in [0.2, 0.25) is 0 Å². The van der Waals surface area contributed by atoms with Crippen LogP contribution in [-0.4, -0.2) is 39.8 Å². The van der Waals surface area contributed by atoms with Crippen LogP contribution in [0.1, 0.15) is 47.2 Å². The largest absolute Gasteiger partial charge is 0.436 e. The van der Waals surface area contributed by atoms with E-state index in [1.54, 1.807) is 16.8 Å². The summed E-state index contributed by atoms with van der Waals surface area (Å²) < 4.78 is 35.9. The quantitative estimate of drug-likeness (QED) is 0.531. The Labute approximate surface area is 210 Å². The smallest absolute Gasteiger partial charge is 0.412 e. The van der Waals surface area contributed by atoms with Crippen molar-refractivity contribution in [2.24, 2.45) is 0 Å². The van der Waals surface area contributed by atoms with Crippen molar-refractivity contribution in [1.29, 1.82) is 0 Å². The number of halogens is 3. The fraction of sp³-hybridized carbons (Fsp3) is 0.320. The Morgan fingerprint density at radius 2 is 1.89 bits per heavy atom. The van der Waals surface area contributed by atoms with Gasteiger partial charge in [-0.05, 0) is 55.5 Å². The summed E-state index contributed by atoms with van der Waals surface area (Å²) in [6.45, 7) is 0.314. The molecule has 3 aromatic rings. The van der Waals surface area contributed by atoms with Crippen molar-refractivity contribution in [2.45, 2.75) is 36.8 Å². The minimum Gasteiger partial charge on any atom is -0.436 e. The van der Waals surface area contributed by atoms with Crippen LogP contribution in [0.3, 0.4) is 0 Å². The lowest BCUT2D eigenvalue weighted by molar-refractivity contribution is -0.0418. The summed E-state index contributed by atoms with van der Waals surface area (Å²) in [7, 11) is 0. The molecule has 3 heterocycles. The molecule has 1 spiro atoms. The van der Waals surface area contributed by atoms with E-state index >= 15 is 4.39 Å². The van der Waals surface area contributed by atoms with Crippen LogP contribution >= 0.6 is 11.6 Å². The molecule has 0 radical (unpaired) electrons. The van der Waals surface area contributed by atoms with Gasteiger partial charge in [0.1, 0.15) is 17.2 Å². The molecule has 1 saturated heterocycles. The first-order valence-electron chi connectivity index (χ1n) is 11.6. The fourth-order valence-corrected chi connectivity index (χ4v) is 5.64. The molecule has 2 fully saturated rings. The molecule has 36 heavy (non-hydrogen) atoms. The molecule has 3 N–H and O–H groups in total. The van der Waals surface area contributed by atoms with Crippen LogP contribution < -0.4 is 11.1 Å². The molecule has 1 aliphatic carbocycles. The highest BCUT2D eigenvalue weighted by Crippen LogP contribution is 2.51. The number of amides is 2. The monoisotopic (exact) mass is 513 g/mol. The SMILES string of the molecule is Nc1c(C(=O)N2CCC[C@@]3(C2)OC(=O)Nc2ccc(Cl)c(F)c23)cnn1C1(c2ccc(F)cc2)CC1. The lowest BCUT2D eigenvalue weighted by atomic mass is 9.83. The van der Waals surface area contributed by atoms with E-state index in [1.807, 2.05) is 0 Å². The maximum Gasteiger partial charge on any atom is 0.412 e. The zero-order valence-corrected chi connectivity index (χ0v) is 19.8. The van der Waals surface area contributed by atoms with Crippen LogP contribution in [0.4, 0.5) is 25.1 Å². The first-order valence-corrected chi connectivity index (χ1v) is 12.0. The van der Waals surface area contributed by atoms with Gasteiger partial charge in [-0.25, -0.2) is 18.3 Å². The Morgan fingerprint density at radius 1 is 1.14 bits per heavy atom. The average Bonchev–Trinajstić information content (AvgIpc) is 3.56. The number of nitrogens with two attached hydrogens (primary N) is 1. The second-order valence-electron chi connectivity index (χ2n) is 9.52. The van der Waals surface area contributed by atoms with Crippen molar-refractivity contribution >= 4 is 35.1 Å². The number of anilines is 2. The van der Waals surface area contributed by atoms with Gasteiger partial charge in [0.25, 0.3) is 5.91 Å². The number of carbonyl (C=O) groups excluding carboxylic acids is 2. The fourth-order valence-electron chi connectivity index (χ4n) is 5.48. The van der Waals surface area contributed by atoms with Gasteiger partial charge in [0.05, 0.1) is 34.6 Å². The molecule has 0 unspecified atom stereocenters. The van der Waals surface area contributed by atoms with Crippen LogP contribution in [0.5, 0.6) is 0 Å². The zero-order chi connectivity index (χ0) is 25.2. The second kappa shape index (κ2) is 7.92. The highest BCUT2D eigenvalue weighted by molar-refractivity contribution is 6.31. The Bertz CT molecular complexity index is 1410. The number of nitrogen functional groups attached to an aromatic ring is 1. The normalized spacial score (nSPS) is 22.1. The first kappa shape index (κ1) is 22.8. The molecule has 6 rings (SSSR count). The van der Waals surface area contributed by atoms with Crippen LogP contribution in [-0.2, 0) is 15.9 Å². The number of likely N-dealkylation sites (tertiary alicyclic amines) is 1. The van der Waals surface area contributed by atoms with Gasteiger partial charge in [0.15, 0.2) is 11.4 Å². The van der Waals surface area contributed by atoms with Crippen molar-refractivity contribution in [3.63, 3.8) is 0 Å². The number of nitrogens with zero attached hydrogens (tertiary/aromatic N) is 3. The topological polar surface area (TPSA) is 102 Å². The number of ether oxygens (including phenoxy) is 1. The van der Waals surface area contributed by atoms with Crippen LogP contribution in [0.25, 0.3) is 0 Å². The lowest BCUT2D eigenvalue weighted by Gasteiger charge is -2.45. The van der Waals surface area contributed by atoms with Gasteiger partial charge in [-0.3, -0.25) is 10.1 Å². The molecule has 8 nitrogen and oxygen atoms in total. The summed E-state index contributed by atoms with van der Waals surface area (Å²) in [6, 6.07) is 9.06. The molecule has 1 aromatic heterocycles. The van der Waals surface area contributed by atoms with Gasteiger partial charge < -0.3 is 15.4 Å². The van der Waals surface area contributed by atoms with E-state index in [1.165, 1.54) is 35.4 Å². The minimum atomic E-state index is -1.38. The summed E-state index contributed by atoms with van der Waals surface area (Å²) in [4.78, 5) is 27.4. The van der Waals surface area contributed by atoms with Crippen molar-refractivity contribution in [2.75, 3.05) is 24.1 Å². The summed E-state index contributed by atoms with van der Waals surface area (Å²) in [5, 5.41) is 6.83. The molecule has 2 amide bonds. The van der Waals surface area contributed by atoms with E-state index in [4.69, 9.17) is 22.1 Å². The van der Waals surface area contributed by atoms with Crippen LogP contribution in [0.15, 0.2) is 42.6 Å². The lowest BCUT2D eigenvalue weighted by Crippen LogP contribution is -2.53.